The van der Waals surface area contributed by atoms with Crippen molar-refractivity contribution in [1.29, 1.82) is 0 Å². The molecule has 0 radical (unpaired) electrons. The van der Waals surface area contributed by atoms with Crippen molar-refractivity contribution in [3.05, 3.63) is 23.4 Å². The fourth-order valence-electron chi connectivity index (χ4n) is 5.89. The predicted molar refractivity (Wildman–Crippen MR) is 130 cm³/mol. The summed E-state index contributed by atoms with van der Waals surface area (Å²) in [6.07, 6.45) is 8.65. The number of fused-ring (bicyclic) bond motifs is 1. The van der Waals surface area contributed by atoms with Crippen molar-refractivity contribution in [2.45, 2.75) is 57.5 Å². The number of rotatable bonds is 7. The van der Waals surface area contributed by atoms with Crippen molar-refractivity contribution < 1.29 is 9.53 Å². The molecule has 0 N–H and O–H groups in total. The molecule has 2 saturated heterocycles. The number of pyridine rings is 1. The second-order valence-electron chi connectivity index (χ2n) is 10.4. The summed E-state index contributed by atoms with van der Waals surface area (Å²) in [7, 11) is 1.79. The molecule has 182 valence electrons. The van der Waals surface area contributed by atoms with E-state index in [0.29, 0.717) is 12.5 Å². The van der Waals surface area contributed by atoms with E-state index in [2.05, 4.69) is 31.7 Å². The minimum absolute atomic E-state index is 0.299. The van der Waals surface area contributed by atoms with Crippen LogP contribution < -0.4 is 4.90 Å². The fraction of sp³-hybridized carbons (Fsp3) is 0.769. The number of hydrogen-bond acceptors (Lipinski definition) is 6. The van der Waals surface area contributed by atoms with Gasteiger partial charge in [-0.2, -0.15) is 0 Å². The lowest BCUT2D eigenvalue weighted by Gasteiger charge is -2.43. The number of piperidine rings is 1. The Balaban J connectivity index is 1.09. The molecule has 0 atom stereocenters. The maximum Gasteiger partial charge on any atom is 0.236 e. The molecule has 4 heterocycles. The molecule has 4 aliphatic rings. The van der Waals surface area contributed by atoms with E-state index < -0.39 is 0 Å². The maximum absolute atomic E-state index is 12.9. The van der Waals surface area contributed by atoms with Crippen LogP contribution in [0.3, 0.4) is 0 Å². The summed E-state index contributed by atoms with van der Waals surface area (Å²) < 4.78 is 5.25. The number of piperazine rings is 1. The summed E-state index contributed by atoms with van der Waals surface area (Å²) in [6, 6.07) is 5.24. The van der Waals surface area contributed by atoms with Crippen molar-refractivity contribution >= 4 is 11.7 Å². The van der Waals surface area contributed by atoms with E-state index in [1.807, 2.05) is 0 Å². The highest BCUT2D eigenvalue weighted by molar-refractivity contribution is 5.78. The predicted octanol–water partition coefficient (Wildman–Crippen LogP) is 2.39. The average molecular weight is 456 g/mol. The largest absolute Gasteiger partial charge is 0.385 e. The highest BCUT2D eigenvalue weighted by Gasteiger charge is 2.30. The Morgan fingerprint density at radius 1 is 1.03 bits per heavy atom. The molecule has 1 aliphatic carbocycles. The topological polar surface area (TPSA) is 52.2 Å². The molecule has 0 spiro atoms. The Labute approximate surface area is 199 Å². The lowest BCUT2D eigenvalue weighted by molar-refractivity contribution is -0.135. The van der Waals surface area contributed by atoms with Crippen LogP contribution >= 0.6 is 0 Å². The van der Waals surface area contributed by atoms with Gasteiger partial charge in [0.25, 0.3) is 0 Å². The number of hydrogen-bond donors (Lipinski definition) is 0. The Morgan fingerprint density at radius 2 is 1.82 bits per heavy atom. The Bertz CT molecular complexity index is 798. The number of nitrogens with zero attached hydrogens (tertiary/aromatic N) is 5. The first kappa shape index (κ1) is 23.1. The van der Waals surface area contributed by atoms with Crippen LogP contribution in [0.2, 0.25) is 0 Å². The Morgan fingerprint density at radius 3 is 2.52 bits per heavy atom. The maximum atomic E-state index is 12.9. The highest BCUT2D eigenvalue weighted by atomic mass is 16.5. The number of amides is 1. The van der Waals surface area contributed by atoms with Gasteiger partial charge in [-0.25, -0.2) is 4.98 Å². The van der Waals surface area contributed by atoms with E-state index in [1.165, 1.54) is 49.8 Å². The second kappa shape index (κ2) is 10.7. The van der Waals surface area contributed by atoms with Crippen LogP contribution in [0, 0.1) is 5.92 Å². The van der Waals surface area contributed by atoms with Gasteiger partial charge in [0, 0.05) is 84.2 Å². The first-order chi connectivity index (χ1) is 16.2. The van der Waals surface area contributed by atoms with E-state index in [9.17, 15) is 4.79 Å². The van der Waals surface area contributed by atoms with E-state index in [-0.39, 0.29) is 0 Å². The van der Waals surface area contributed by atoms with Crippen LogP contribution in [0.15, 0.2) is 12.1 Å². The minimum atomic E-state index is 0.299. The summed E-state index contributed by atoms with van der Waals surface area (Å²) >= 11 is 0. The molecule has 0 aromatic carbocycles. The zero-order valence-corrected chi connectivity index (χ0v) is 20.4. The summed E-state index contributed by atoms with van der Waals surface area (Å²) in [5.41, 5.74) is 2.52. The van der Waals surface area contributed by atoms with Crippen molar-refractivity contribution in [1.82, 2.24) is 19.7 Å². The highest BCUT2D eigenvalue weighted by Crippen LogP contribution is 2.27. The number of ether oxygens (including phenoxy) is 1. The van der Waals surface area contributed by atoms with E-state index in [1.54, 1.807) is 7.11 Å². The van der Waals surface area contributed by atoms with Crippen LogP contribution in [-0.2, 0) is 22.5 Å². The third-order valence-electron chi connectivity index (χ3n) is 8.40. The summed E-state index contributed by atoms with van der Waals surface area (Å²) in [6.45, 7) is 9.26. The number of aromatic nitrogens is 1. The van der Waals surface area contributed by atoms with Crippen molar-refractivity contribution in [2.24, 2.45) is 5.92 Å². The SMILES string of the molecule is COCCC1CCN(c2ccc3c(n2)CCN(CC(=O)N2CCN(C4CCC4)CC2)C3)CC1. The number of methoxy groups -OCH3 is 1. The molecule has 33 heavy (non-hydrogen) atoms. The van der Waals surface area contributed by atoms with E-state index in [0.717, 1.165) is 83.2 Å². The normalized spacial score (nSPS) is 23.4. The third-order valence-corrected chi connectivity index (χ3v) is 8.40. The van der Waals surface area contributed by atoms with E-state index in [4.69, 9.17) is 9.72 Å². The molecule has 0 unspecified atom stereocenters. The van der Waals surface area contributed by atoms with Crippen LogP contribution in [0.4, 0.5) is 5.82 Å². The van der Waals surface area contributed by atoms with Crippen molar-refractivity contribution in [2.75, 3.05) is 71.0 Å². The van der Waals surface area contributed by atoms with Crippen LogP contribution in [0.25, 0.3) is 0 Å². The van der Waals surface area contributed by atoms with Crippen molar-refractivity contribution in [3.8, 4) is 0 Å². The van der Waals surface area contributed by atoms with Gasteiger partial charge >= 0.3 is 0 Å². The van der Waals surface area contributed by atoms with Crippen LogP contribution in [0.1, 0.15) is 49.8 Å². The molecule has 7 nitrogen and oxygen atoms in total. The van der Waals surface area contributed by atoms with Gasteiger partial charge in [0.15, 0.2) is 0 Å². The van der Waals surface area contributed by atoms with Crippen LogP contribution in [-0.4, -0.2) is 97.7 Å². The molecule has 1 aromatic heterocycles. The Hall–Kier alpha value is -1.70. The van der Waals surface area contributed by atoms with Crippen molar-refractivity contribution in [3.63, 3.8) is 0 Å². The molecule has 1 amide bonds. The lowest BCUT2D eigenvalue weighted by atomic mass is 9.91. The van der Waals surface area contributed by atoms with Gasteiger partial charge in [0.2, 0.25) is 5.91 Å². The zero-order chi connectivity index (χ0) is 22.6. The molecule has 0 bridgehead atoms. The molecule has 3 fully saturated rings. The first-order valence-electron chi connectivity index (χ1n) is 13.2. The average Bonchev–Trinajstić information content (AvgIpc) is 2.82. The molecule has 7 heteroatoms. The monoisotopic (exact) mass is 455 g/mol. The van der Waals surface area contributed by atoms with Gasteiger partial charge in [0.05, 0.1) is 6.54 Å². The first-order valence-corrected chi connectivity index (χ1v) is 13.2. The van der Waals surface area contributed by atoms with Gasteiger partial charge in [-0.1, -0.05) is 12.5 Å². The summed E-state index contributed by atoms with van der Waals surface area (Å²) in [4.78, 5) is 27.4. The van der Waals surface area contributed by atoms with Gasteiger partial charge in [-0.15, -0.1) is 0 Å². The summed E-state index contributed by atoms with van der Waals surface area (Å²) in [5, 5.41) is 0. The quantitative estimate of drug-likeness (QED) is 0.629. The number of carbonyl (C=O) groups is 1. The van der Waals surface area contributed by atoms with Crippen LogP contribution in [0.5, 0.6) is 0 Å². The Kier molecular flexibility index (Phi) is 7.48. The minimum Gasteiger partial charge on any atom is -0.385 e. The van der Waals surface area contributed by atoms with Gasteiger partial charge in [0.1, 0.15) is 5.82 Å². The number of carbonyl (C=O) groups excluding carboxylic acids is 1. The second-order valence-corrected chi connectivity index (χ2v) is 10.4. The van der Waals surface area contributed by atoms with E-state index >= 15 is 0 Å². The molecule has 1 aromatic rings. The molecule has 1 saturated carbocycles. The third kappa shape index (κ3) is 5.52. The van der Waals surface area contributed by atoms with Gasteiger partial charge in [-0.3, -0.25) is 14.6 Å². The molecule has 5 rings (SSSR count). The number of anilines is 1. The zero-order valence-electron chi connectivity index (χ0n) is 20.4. The molecular weight excluding hydrogens is 414 g/mol. The fourth-order valence-corrected chi connectivity index (χ4v) is 5.89. The smallest absolute Gasteiger partial charge is 0.236 e. The lowest BCUT2D eigenvalue weighted by Crippen LogP contribution is -2.55. The molecule has 3 aliphatic heterocycles. The summed E-state index contributed by atoms with van der Waals surface area (Å²) in [5.74, 6) is 2.21. The standard InChI is InChI=1S/C26H41N5O2/c1-33-18-10-21-7-12-30(13-8-21)25-6-5-22-19-28(11-9-24(22)27-25)20-26(32)31-16-14-29(15-17-31)23-3-2-4-23/h5-6,21,23H,2-4,7-20H2,1H3. The van der Waals surface area contributed by atoms with Gasteiger partial charge < -0.3 is 14.5 Å². The van der Waals surface area contributed by atoms with Gasteiger partial charge in [-0.05, 0) is 49.7 Å². The molecular formula is C26H41N5O2.